The van der Waals surface area contributed by atoms with Gasteiger partial charge < -0.3 is 5.11 Å². The van der Waals surface area contributed by atoms with E-state index in [0.717, 1.165) is 27.9 Å². The van der Waals surface area contributed by atoms with Gasteiger partial charge in [-0.2, -0.15) is 0 Å². The van der Waals surface area contributed by atoms with Gasteiger partial charge in [-0.1, -0.05) is 23.7 Å². The Kier molecular flexibility index (Phi) is 7.18. The van der Waals surface area contributed by atoms with Crippen LogP contribution in [-0.4, -0.2) is 32.9 Å². The lowest BCUT2D eigenvalue weighted by Gasteiger charge is -2.28. The zero-order valence-electron chi connectivity index (χ0n) is 20.0. The molecule has 2 heterocycles. The van der Waals surface area contributed by atoms with Crippen molar-refractivity contribution in [2.45, 2.75) is 69.3 Å². The molecule has 0 amide bonds. The van der Waals surface area contributed by atoms with Crippen LogP contribution in [0.4, 0.5) is 8.78 Å². The molecule has 2 aliphatic rings. The van der Waals surface area contributed by atoms with E-state index in [1.165, 1.54) is 0 Å². The maximum Gasteiger partial charge on any atom is 0.248 e. The number of pyridine rings is 2. The molecule has 4 nitrogen and oxygen atoms in total. The van der Waals surface area contributed by atoms with Gasteiger partial charge in [0.15, 0.2) is 5.78 Å². The maximum absolute atomic E-state index is 13.6. The average Bonchev–Trinajstić information content (AvgIpc) is 2.89. The van der Waals surface area contributed by atoms with Crippen LogP contribution in [0.15, 0.2) is 55.0 Å². The standard InChI is InChI=1S/C29H29ClF2N2O2/c30-26-14-21(28(36)19-1-4-24(35)5-2-19)3-6-25(26)23-13-22(16-33-17-23)20-9-12-34-27(15-20)18-7-10-29(31,32)11-8-18/h3,6,9,12-19,24,35H,1-2,4-5,7-8,10-11H2. The summed E-state index contributed by atoms with van der Waals surface area (Å²) in [4.78, 5) is 21.8. The number of carbonyl (C=O) groups excluding carboxylic acids is 1. The molecule has 0 atom stereocenters. The van der Waals surface area contributed by atoms with Crippen molar-refractivity contribution in [3.05, 3.63) is 71.3 Å². The molecule has 0 radical (unpaired) electrons. The molecule has 5 rings (SSSR count). The first kappa shape index (κ1) is 25.0. The first-order chi connectivity index (χ1) is 17.3. The van der Waals surface area contributed by atoms with Crippen molar-refractivity contribution < 1.29 is 18.7 Å². The average molecular weight is 511 g/mol. The molecule has 0 unspecified atom stereocenters. The minimum atomic E-state index is -2.56. The predicted molar refractivity (Wildman–Crippen MR) is 136 cm³/mol. The van der Waals surface area contributed by atoms with Crippen molar-refractivity contribution in [2.24, 2.45) is 5.92 Å². The third-order valence-electron chi connectivity index (χ3n) is 7.62. The van der Waals surface area contributed by atoms with Crippen LogP contribution in [0.1, 0.15) is 73.3 Å². The van der Waals surface area contributed by atoms with Crippen molar-refractivity contribution in [1.29, 1.82) is 0 Å². The Bertz CT molecular complexity index is 1250. The number of nitrogens with zero attached hydrogens (tertiary/aromatic N) is 2. The van der Waals surface area contributed by atoms with Crippen molar-refractivity contribution >= 4 is 17.4 Å². The molecule has 36 heavy (non-hydrogen) atoms. The zero-order chi connectivity index (χ0) is 25.3. The number of aromatic nitrogens is 2. The molecule has 2 aromatic heterocycles. The highest BCUT2D eigenvalue weighted by atomic mass is 35.5. The van der Waals surface area contributed by atoms with Gasteiger partial charge in [0, 0.05) is 76.2 Å². The number of alkyl halides is 2. The number of rotatable bonds is 5. The van der Waals surface area contributed by atoms with Crippen LogP contribution in [0.25, 0.3) is 22.3 Å². The van der Waals surface area contributed by atoms with E-state index in [-0.39, 0.29) is 36.6 Å². The summed E-state index contributed by atoms with van der Waals surface area (Å²) in [7, 11) is 0. The van der Waals surface area contributed by atoms with Crippen LogP contribution in [0, 0.1) is 5.92 Å². The second kappa shape index (κ2) is 10.3. The molecule has 2 fully saturated rings. The minimum absolute atomic E-state index is 0.0349. The van der Waals surface area contributed by atoms with E-state index >= 15 is 0 Å². The molecule has 0 bridgehead atoms. The van der Waals surface area contributed by atoms with Gasteiger partial charge >= 0.3 is 0 Å². The number of hydrogen-bond donors (Lipinski definition) is 1. The van der Waals surface area contributed by atoms with E-state index < -0.39 is 5.92 Å². The third kappa shape index (κ3) is 5.50. The smallest absolute Gasteiger partial charge is 0.248 e. The summed E-state index contributed by atoms with van der Waals surface area (Å²) in [6.45, 7) is 0. The summed E-state index contributed by atoms with van der Waals surface area (Å²) in [5.41, 5.74) is 4.84. The lowest BCUT2D eigenvalue weighted by atomic mass is 9.82. The highest BCUT2D eigenvalue weighted by Crippen LogP contribution is 2.41. The number of aliphatic hydroxyl groups is 1. The van der Waals surface area contributed by atoms with E-state index in [4.69, 9.17) is 11.6 Å². The van der Waals surface area contributed by atoms with E-state index in [1.807, 2.05) is 30.3 Å². The molecule has 2 saturated carbocycles. The van der Waals surface area contributed by atoms with Gasteiger partial charge in [0.2, 0.25) is 5.92 Å². The van der Waals surface area contributed by atoms with Gasteiger partial charge in [0.05, 0.1) is 6.10 Å². The van der Waals surface area contributed by atoms with E-state index in [9.17, 15) is 18.7 Å². The summed E-state index contributed by atoms with van der Waals surface area (Å²) in [6.07, 6.45) is 8.31. The summed E-state index contributed by atoms with van der Waals surface area (Å²) in [5, 5.41) is 10.2. The Morgan fingerprint density at radius 2 is 1.64 bits per heavy atom. The van der Waals surface area contributed by atoms with Gasteiger partial charge in [0.25, 0.3) is 0 Å². The lowest BCUT2D eigenvalue weighted by molar-refractivity contribution is -0.0384. The largest absolute Gasteiger partial charge is 0.393 e. The van der Waals surface area contributed by atoms with Crippen LogP contribution < -0.4 is 0 Å². The topological polar surface area (TPSA) is 63.1 Å². The first-order valence-electron chi connectivity index (χ1n) is 12.6. The molecule has 0 spiro atoms. The van der Waals surface area contributed by atoms with Crippen LogP contribution in [-0.2, 0) is 0 Å². The number of carbonyl (C=O) groups is 1. The molecule has 3 aromatic rings. The number of ketones is 1. The van der Waals surface area contributed by atoms with E-state index in [0.29, 0.717) is 49.1 Å². The molecular weight excluding hydrogens is 482 g/mol. The third-order valence-corrected chi connectivity index (χ3v) is 7.93. The normalized spacial score (nSPS) is 22.3. The van der Waals surface area contributed by atoms with Crippen LogP contribution in [0.5, 0.6) is 0 Å². The highest BCUT2D eigenvalue weighted by molar-refractivity contribution is 6.33. The molecule has 2 aliphatic carbocycles. The summed E-state index contributed by atoms with van der Waals surface area (Å²) in [6, 6.07) is 11.2. The molecular formula is C29H29ClF2N2O2. The quantitative estimate of drug-likeness (QED) is 0.361. The fourth-order valence-corrected chi connectivity index (χ4v) is 5.70. The van der Waals surface area contributed by atoms with Gasteiger partial charge in [-0.15, -0.1) is 0 Å². The Hall–Kier alpha value is -2.70. The Labute approximate surface area is 214 Å². The number of halogens is 3. The maximum atomic E-state index is 13.6. The minimum Gasteiger partial charge on any atom is -0.393 e. The second-order valence-corrected chi connectivity index (χ2v) is 10.5. The van der Waals surface area contributed by atoms with E-state index in [1.54, 1.807) is 24.7 Å². The molecule has 0 aliphatic heterocycles. The van der Waals surface area contributed by atoms with E-state index in [2.05, 4.69) is 9.97 Å². The SMILES string of the molecule is O=C(c1ccc(-c2cncc(-c3ccnc(C4CCC(F)(F)CC4)c3)c2)c(Cl)c1)C1CCC(O)CC1. The lowest BCUT2D eigenvalue weighted by Crippen LogP contribution is -2.24. The molecule has 1 N–H and O–H groups in total. The van der Waals surface area contributed by atoms with Gasteiger partial charge in [-0.3, -0.25) is 14.8 Å². The second-order valence-electron chi connectivity index (χ2n) is 10.1. The highest BCUT2D eigenvalue weighted by Gasteiger charge is 2.35. The Morgan fingerprint density at radius 1 is 0.917 bits per heavy atom. The van der Waals surface area contributed by atoms with Crippen molar-refractivity contribution in [3.63, 3.8) is 0 Å². The molecule has 188 valence electrons. The summed E-state index contributed by atoms with van der Waals surface area (Å²) in [5.74, 6) is -2.53. The van der Waals surface area contributed by atoms with Crippen LogP contribution >= 0.6 is 11.6 Å². The number of aliphatic hydroxyl groups excluding tert-OH is 1. The fraction of sp³-hybridized carbons (Fsp3) is 0.414. The predicted octanol–water partition coefficient (Wildman–Crippen LogP) is 7.49. The van der Waals surface area contributed by atoms with Gasteiger partial charge in [-0.25, -0.2) is 8.78 Å². The van der Waals surface area contributed by atoms with Gasteiger partial charge in [0.1, 0.15) is 0 Å². The summed E-state index contributed by atoms with van der Waals surface area (Å²) >= 11 is 6.63. The van der Waals surface area contributed by atoms with Crippen LogP contribution in [0.3, 0.4) is 0 Å². The zero-order valence-corrected chi connectivity index (χ0v) is 20.7. The summed E-state index contributed by atoms with van der Waals surface area (Å²) < 4.78 is 27.2. The van der Waals surface area contributed by atoms with Crippen molar-refractivity contribution in [2.75, 3.05) is 0 Å². The Balaban J connectivity index is 1.36. The van der Waals surface area contributed by atoms with Crippen molar-refractivity contribution in [3.8, 4) is 22.3 Å². The number of Topliss-reactive ketones (excluding diaryl/α,β-unsaturated/α-hetero) is 1. The number of benzene rings is 1. The van der Waals surface area contributed by atoms with Crippen LogP contribution in [0.2, 0.25) is 5.02 Å². The molecule has 1 aromatic carbocycles. The van der Waals surface area contributed by atoms with Gasteiger partial charge in [-0.05, 0) is 68.4 Å². The Morgan fingerprint density at radius 3 is 2.36 bits per heavy atom. The monoisotopic (exact) mass is 510 g/mol. The fourth-order valence-electron chi connectivity index (χ4n) is 5.41. The number of hydrogen-bond acceptors (Lipinski definition) is 4. The first-order valence-corrected chi connectivity index (χ1v) is 13.0. The molecule has 7 heteroatoms. The molecule has 0 saturated heterocycles. The van der Waals surface area contributed by atoms with Crippen molar-refractivity contribution in [1.82, 2.24) is 9.97 Å².